The van der Waals surface area contributed by atoms with E-state index in [2.05, 4.69) is 5.43 Å². The number of hydrogen-bond acceptors (Lipinski definition) is 3. The van der Waals surface area contributed by atoms with E-state index in [0.29, 0.717) is 10.7 Å². The van der Waals surface area contributed by atoms with Crippen molar-refractivity contribution in [3.63, 3.8) is 0 Å². The first-order valence-corrected chi connectivity index (χ1v) is 8.31. The third-order valence-electron chi connectivity index (χ3n) is 4.19. The number of hydrogen-bond donors (Lipinski definition) is 1. The molecule has 25 heavy (non-hydrogen) atoms. The Bertz CT molecular complexity index is 923. The molecule has 1 fully saturated rings. The number of amides is 2. The quantitative estimate of drug-likeness (QED) is 0.666. The van der Waals surface area contributed by atoms with E-state index in [9.17, 15) is 9.59 Å². The molecule has 2 heterocycles. The second-order valence-corrected chi connectivity index (χ2v) is 6.56. The zero-order valence-corrected chi connectivity index (χ0v) is 14.2. The third kappa shape index (κ3) is 2.87. The number of fused-ring (bicyclic) bond motifs is 1. The van der Waals surface area contributed by atoms with Gasteiger partial charge >= 0.3 is 0 Å². The second kappa shape index (κ2) is 5.93. The van der Waals surface area contributed by atoms with Gasteiger partial charge in [0.15, 0.2) is 0 Å². The molecule has 1 saturated heterocycles. The van der Waals surface area contributed by atoms with Crippen molar-refractivity contribution < 1.29 is 14.3 Å². The fraction of sp³-hybridized carbons (Fsp3) is 0.158. The minimum absolute atomic E-state index is 0.0897. The first kappa shape index (κ1) is 15.7. The summed E-state index contributed by atoms with van der Waals surface area (Å²) in [5.41, 5.74) is 5.06. The molecule has 0 aliphatic carbocycles. The van der Waals surface area contributed by atoms with Crippen LogP contribution in [0.1, 0.15) is 18.1 Å². The lowest BCUT2D eigenvalue weighted by Gasteiger charge is -2.14. The minimum Gasteiger partial charge on any atom is -0.490 e. The molecular weight excluding hydrogens is 340 g/mol. The first-order valence-electron chi connectivity index (χ1n) is 7.93. The van der Waals surface area contributed by atoms with Crippen LogP contribution in [0.3, 0.4) is 0 Å². The second-order valence-electron chi connectivity index (χ2n) is 6.12. The van der Waals surface area contributed by atoms with E-state index in [4.69, 9.17) is 16.3 Å². The average molecular weight is 355 g/mol. The molecule has 5 nitrogen and oxygen atoms in total. The third-order valence-corrected chi connectivity index (χ3v) is 4.42. The number of nitrogens with one attached hydrogen (secondary N) is 1. The summed E-state index contributed by atoms with van der Waals surface area (Å²) in [6.45, 7) is 2.01. The fourth-order valence-electron chi connectivity index (χ4n) is 3.05. The summed E-state index contributed by atoms with van der Waals surface area (Å²) in [6, 6.07) is 12.4. The maximum atomic E-state index is 12.6. The van der Waals surface area contributed by atoms with Crippen LogP contribution < -0.4 is 15.2 Å². The lowest BCUT2D eigenvalue weighted by Crippen LogP contribution is -2.35. The summed E-state index contributed by atoms with van der Waals surface area (Å²) in [5.74, 6) is 0.0184. The van der Waals surface area contributed by atoms with Gasteiger partial charge in [0.2, 0.25) is 0 Å². The van der Waals surface area contributed by atoms with Crippen LogP contribution in [0.4, 0.5) is 5.69 Å². The summed E-state index contributed by atoms with van der Waals surface area (Å²) >= 11 is 5.96. The summed E-state index contributed by atoms with van der Waals surface area (Å²) < 4.78 is 5.67. The van der Waals surface area contributed by atoms with Crippen molar-refractivity contribution >= 4 is 35.2 Å². The van der Waals surface area contributed by atoms with E-state index in [0.717, 1.165) is 23.3 Å². The van der Waals surface area contributed by atoms with Crippen LogP contribution in [0, 0.1) is 0 Å². The average Bonchev–Trinajstić information content (AvgIpc) is 3.08. The summed E-state index contributed by atoms with van der Waals surface area (Å²) in [4.78, 5) is 24.9. The van der Waals surface area contributed by atoms with Crippen LogP contribution in [-0.4, -0.2) is 17.9 Å². The van der Waals surface area contributed by atoms with Crippen molar-refractivity contribution in [3.8, 4) is 5.75 Å². The number of carbonyl (C=O) groups is 2. The van der Waals surface area contributed by atoms with Crippen molar-refractivity contribution in [3.05, 3.63) is 64.2 Å². The van der Waals surface area contributed by atoms with E-state index < -0.39 is 11.8 Å². The Hall–Kier alpha value is -2.79. The number of anilines is 1. The van der Waals surface area contributed by atoms with Gasteiger partial charge in [-0.2, -0.15) is 0 Å². The van der Waals surface area contributed by atoms with E-state index in [1.165, 1.54) is 5.01 Å². The summed E-state index contributed by atoms with van der Waals surface area (Å²) in [5, 5.41) is 1.70. The van der Waals surface area contributed by atoms with Gasteiger partial charge < -0.3 is 4.74 Å². The molecule has 4 rings (SSSR count). The van der Waals surface area contributed by atoms with Crippen molar-refractivity contribution in [1.82, 2.24) is 5.43 Å². The van der Waals surface area contributed by atoms with Crippen LogP contribution in [0.5, 0.6) is 5.75 Å². The van der Waals surface area contributed by atoms with Crippen LogP contribution >= 0.6 is 11.6 Å². The Morgan fingerprint density at radius 2 is 2.08 bits per heavy atom. The number of halogens is 1. The molecule has 0 spiro atoms. The maximum absolute atomic E-state index is 12.6. The molecule has 0 saturated carbocycles. The maximum Gasteiger partial charge on any atom is 0.282 e. The molecule has 1 atom stereocenters. The molecular formula is C19H15ClN2O3. The van der Waals surface area contributed by atoms with Crippen molar-refractivity contribution in [2.24, 2.45) is 0 Å². The van der Waals surface area contributed by atoms with Crippen LogP contribution in [0.25, 0.3) is 6.08 Å². The van der Waals surface area contributed by atoms with E-state index in [-0.39, 0.29) is 11.7 Å². The van der Waals surface area contributed by atoms with Crippen LogP contribution in [-0.2, 0) is 16.0 Å². The Kier molecular flexibility index (Phi) is 3.73. The van der Waals surface area contributed by atoms with Gasteiger partial charge in [0.25, 0.3) is 11.8 Å². The Morgan fingerprint density at radius 1 is 1.24 bits per heavy atom. The number of hydrazine groups is 1. The largest absolute Gasteiger partial charge is 0.490 e. The number of rotatable bonds is 2. The fourth-order valence-corrected chi connectivity index (χ4v) is 3.24. The highest BCUT2D eigenvalue weighted by molar-refractivity contribution is 6.33. The van der Waals surface area contributed by atoms with Gasteiger partial charge in [-0.3, -0.25) is 15.0 Å². The van der Waals surface area contributed by atoms with E-state index in [1.807, 2.05) is 25.1 Å². The van der Waals surface area contributed by atoms with E-state index >= 15 is 0 Å². The van der Waals surface area contributed by atoms with Gasteiger partial charge in [0, 0.05) is 11.4 Å². The summed E-state index contributed by atoms with van der Waals surface area (Å²) in [7, 11) is 0. The monoisotopic (exact) mass is 354 g/mol. The SMILES string of the molecule is C[C@H]1Cc2cc(/C=C3/C(=O)NN(c4cccc(Cl)c4)C3=O)ccc2O1. The van der Waals surface area contributed by atoms with Crippen LogP contribution in [0.2, 0.25) is 5.02 Å². The van der Waals surface area contributed by atoms with Gasteiger partial charge in [-0.1, -0.05) is 23.7 Å². The molecule has 2 aliphatic heterocycles. The van der Waals surface area contributed by atoms with E-state index in [1.54, 1.807) is 30.3 Å². The minimum atomic E-state index is -0.435. The van der Waals surface area contributed by atoms with Gasteiger partial charge in [0.1, 0.15) is 17.4 Å². The molecule has 2 aromatic carbocycles. The van der Waals surface area contributed by atoms with Crippen molar-refractivity contribution in [2.45, 2.75) is 19.4 Å². The Balaban J connectivity index is 1.65. The van der Waals surface area contributed by atoms with Crippen molar-refractivity contribution in [1.29, 1.82) is 0 Å². The van der Waals surface area contributed by atoms with Crippen LogP contribution in [0.15, 0.2) is 48.0 Å². The molecule has 2 aromatic rings. The molecule has 0 unspecified atom stereocenters. The number of nitrogens with zero attached hydrogens (tertiary/aromatic N) is 1. The zero-order chi connectivity index (χ0) is 17.6. The molecule has 0 aromatic heterocycles. The number of carbonyl (C=O) groups excluding carboxylic acids is 2. The molecule has 0 radical (unpaired) electrons. The number of benzene rings is 2. The first-order chi connectivity index (χ1) is 12.0. The topological polar surface area (TPSA) is 58.6 Å². The molecule has 2 aliphatic rings. The molecule has 2 amide bonds. The van der Waals surface area contributed by atoms with Gasteiger partial charge in [-0.15, -0.1) is 0 Å². The Labute approximate surface area is 149 Å². The number of ether oxygens (including phenoxy) is 1. The normalized spacial score (nSPS) is 20.6. The molecule has 6 heteroatoms. The predicted octanol–water partition coefficient (Wildman–Crippen LogP) is 3.12. The Morgan fingerprint density at radius 3 is 2.88 bits per heavy atom. The highest BCUT2D eigenvalue weighted by Crippen LogP contribution is 2.30. The zero-order valence-electron chi connectivity index (χ0n) is 13.5. The highest BCUT2D eigenvalue weighted by atomic mass is 35.5. The van der Waals surface area contributed by atoms with Gasteiger partial charge in [0.05, 0.1) is 5.69 Å². The van der Waals surface area contributed by atoms with Gasteiger partial charge in [-0.25, -0.2) is 5.01 Å². The predicted molar refractivity (Wildman–Crippen MR) is 95.3 cm³/mol. The lowest BCUT2D eigenvalue weighted by atomic mass is 10.0. The van der Waals surface area contributed by atoms with Gasteiger partial charge in [-0.05, 0) is 54.5 Å². The molecule has 126 valence electrons. The molecule has 1 N–H and O–H groups in total. The smallest absolute Gasteiger partial charge is 0.282 e. The lowest BCUT2D eigenvalue weighted by molar-refractivity contribution is -0.117. The molecule has 0 bridgehead atoms. The standard InChI is InChI=1S/C19H15ClN2O3/c1-11-7-13-8-12(5-6-17(13)25-11)9-16-18(23)21-22(19(16)24)15-4-2-3-14(20)10-15/h2-6,8-11H,7H2,1H3,(H,21,23)/b16-9-/t11-/m0/s1. The summed E-state index contributed by atoms with van der Waals surface area (Å²) in [6.07, 6.45) is 2.57. The van der Waals surface area contributed by atoms with Crippen molar-refractivity contribution in [2.75, 3.05) is 5.01 Å². The highest BCUT2D eigenvalue weighted by Gasteiger charge is 2.34.